The van der Waals surface area contributed by atoms with E-state index in [0.717, 1.165) is 22.1 Å². The number of methoxy groups -OCH3 is 1. The Kier molecular flexibility index (Phi) is 4.25. The van der Waals surface area contributed by atoms with Crippen molar-refractivity contribution in [1.29, 1.82) is 0 Å². The molecule has 0 saturated carbocycles. The molecule has 0 spiro atoms. The first-order valence-corrected chi connectivity index (χ1v) is 6.64. The number of rotatable bonds is 5. The normalized spacial score (nSPS) is 13.9. The van der Waals surface area contributed by atoms with E-state index in [4.69, 9.17) is 10.5 Å². The van der Waals surface area contributed by atoms with Gasteiger partial charge in [0, 0.05) is 6.04 Å². The first-order valence-electron chi connectivity index (χ1n) is 6.64. The number of primary amides is 1. The number of ether oxygens (including phenoxy) is 1. The lowest BCUT2D eigenvalue weighted by Gasteiger charge is -2.18. The Labute approximate surface area is 118 Å². The first-order chi connectivity index (χ1) is 9.51. The summed E-state index contributed by atoms with van der Waals surface area (Å²) in [6.45, 7) is 3.79. The summed E-state index contributed by atoms with van der Waals surface area (Å²) in [6.07, 6.45) is 0. The minimum absolute atomic E-state index is 0.0593. The topological polar surface area (TPSA) is 64.3 Å². The van der Waals surface area contributed by atoms with Crippen LogP contribution in [0.2, 0.25) is 0 Å². The van der Waals surface area contributed by atoms with Gasteiger partial charge in [0.2, 0.25) is 5.91 Å². The summed E-state index contributed by atoms with van der Waals surface area (Å²) in [7, 11) is 1.66. The van der Waals surface area contributed by atoms with Crippen molar-refractivity contribution in [2.75, 3.05) is 7.11 Å². The van der Waals surface area contributed by atoms with Crippen LogP contribution in [0.3, 0.4) is 0 Å². The summed E-state index contributed by atoms with van der Waals surface area (Å²) in [4.78, 5) is 11.1. The van der Waals surface area contributed by atoms with E-state index in [1.165, 1.54) is 0 Å². The highest BCUT2D eigenvalue weighted by molar-refractivity contribution is 5.84. The molecule has 0 aliphatic rings. The monoisotopic (exact) mass is 272 g/mol. The molecule has 0 aromatic heterocycles. The van der Waals surface area contributed by atoms with Crippen molar-refractivity contribution in [3.63, 3.8) is 0 Å². The number of nitrogens with two attached hydrogens (primary N) is 1. The average molecular weight is 272 g/mol. The molecule has 0 aliphatic heterocycles. The van der Waals surface area contributed by atoms with Gasteiger partial charge < -0.3 is 10.5 Å². The zero-order valence-corrected chi connectivity index (χ0v) is 12.0. The van der Waals surface area contributed by atoms with Gasteiger partial charge in [0.05, 0.1) is 13.2 Å². The summed E-state index contributed by atoms with van der Waals surface area (Å²) in [5.41, 5.74) is 6.39. The second kappa shape index (κ2) is 5.92. The van der Waals surface area contributed by atoms with E-state index in [1.54, 1.807) is 14.0 Å². The van der Waals surface area contributed by atoms with Crippen molar-refractivity contribution in [1.82, 2.24) is 5.32 Å². The lowest BCUT2D eigenvalue weighted by atomic mass is 10.0. The Morgan fingerprint density at radius 2 is 1.80 bits per heavy atom. The van der Waals surface area contributed by atoms with Crippen LogP contribution in [0.1, 0.15) is 25.5 Å². The highest BCUT2D eigenvalue weighted by Gasteiger charge is 2.13. The second-order valence-electron chi connectivity index (χ2n) is 4.98. The Hall–Kier alpha value is -2.07. The predicted octanol–water partition coefficient (Wildman–Crippen LogP) is 2.37. The van der Waals surface area contributed by atoms with Gasteiger partial charge in [-0.15, -0.1) is 0 Å². The largest absolute Gasteiger partial charge is 0.497 e. The third-order valence-electron chi connectivity index (χ3n) is 3.50. The van der Waals surface area contributed by atoms with Gasteiger partial charge >= 0.3 is 0 Å². The molecule has 0 bridgehead atoms. The lowest BCUT2D eigenvalue weighted by Crippen LogP contribution is -2.39. The van der Waals surface area contributed by atoms with E-state index in [2.05, 4.69) is 17.4 Å². The van der Waals surface area contributed by atoms with Crippen LogP contribution >= 0.6 is 0 Å². The smallest absolute Gasteiger partial charge is 0.234 e. The van der Waals surface area contributed by atoms with Crippen LogP contribution in [0, 0.1) is 0 Å². The molecule has 0 saturated heterocycles. The zero-order chi connectivity index (χ0) is 14.7. The predicted molar refractivity (Wildman–Crippen MR) is 80.7 cm³/mol. The van der Waals surface area contributed by atoms with E-state index in [1.807, 2.05) is 31.2 Å². The van der Waals surface area contributed by atoms with Crippen LogP contribution in [0.15, 0.2) is 36.4 Å². The third kappa shape index (κ3) is 3.08. The first kappa shape index (κ1) is 14.3. The molecule has 2 aromatic rings. The van der Waals surface area contributed by atoms with Gasteiger partial charge in [-0.25, -0.2) is 0 Å². The second-order valence-corrected chi connectivity index (χ2v) is 4.98. The summed E-state index contributed by atoms with van der Waals surface area (Å²) >= 11 is 0. The van der Waals surface area contributed by atoms with Crippen LogP contribution < -0.4 is 15.8 Å². The number of benzene rings is 2. The minimum atomic E-state index is -0.350. The van der Waals surface area contributed by atoms with Crippen LogP contribution in [0.4, 0.5) is 0 Å². The Morgan fingerprint density at radius 3 is 2.45 bits per heavy atom. The Morgan fingerprint density at radius 1 is 1.15 bits per heavy atom. The van der Waals surface area contributed by atoms with Crippen molar-refractivity contribution in [3.05, 3.63) is 42.0 Å². The molecule has 3 N–H and O–H groups in total. The van der Waals surface area contributed by atoms with Crippen LogP contribution in [0.25, 0.3) is 10.8 Å². The van der Waals surface area contributed by atoms with Gasteiger partial charge in [-0.2, -0.15) is 0 Å². The lowest BCUT2D eigenvalue weighted by molar-refractivity contribution is -0.119. The van der Waals surface area contributed by atoms with E-state index >= 15 is 0 Å². The average Bonchev–Trinajstić information content (AvgIpc) is 2.45. The zero-order valence-electron chi connectivity index (χ0n) is 12.0. The number of nitrogens with one attached hydrogen (secondary N) is 1. The maximum Gasteiger partial charge on any atom is 0.234 e. The van der Waals surface area contributed by atoms with Crippen molar-refractivity contribution in [2.24, 2.45) is 5.73 Å². The number of carbonyl (C=O) groups is 1. The summed E-state index contributed by atoms with van der Waals surface area (Å²) in [6, 6.07) is 11.9. The molecule has 2 atom stereocenters. The summed E-state index contributed by atoms with van der Waals surface area (Å²) in [5, 5.41) is 5.45. The fraction of sp³-hybridized carbons (Fsp3) is 0.312. The third-order valence-corrected chi connectivity index (χ3v) is 3.50. The number of amides is 1. The van der Waals surface area contributed by atoms with Crippen molar-refractivity contribution >= 4 is 16.7 Å². The van der Waals surface area contributed by atoms with Crippen LogP contribution in [-0.4, -0.2) is 19.1 Å². The molecule has 1 amide bonds. The molecule has 2 rings (SSSR count). The molecular formula is C16H20N2O2. The van der Waals surface area contributed by atoms with Crippen molar-refractivity contribution in [3.8, 4) is 5.75 Å². The van der Waals surface area contributed by atoms with E-state index < -0.39 is 0 Å². The highest BCUT2D eigenvalue weighted by Crippen LogP contribution is 2.24. The van der Waals surface area contributed by atoms with Crippen molar-refractivity contribution < 1.29 is 9.53 Å². The van der Waals surface area contributed by atoms with Gasteiger partial charge in [0.1, 0.15) is 5.75 Å². The number of hydrogen-bond acceptors (Lipinski definition) is 3. The fourth-order valence-electron chi connectivity index (χ4n) is 2.19. The maximum absolute atomic E-state index is 11.1. The van der Waals surface area contributed by atoms with Crippen LogP contribution in [-0.2, 0) is 4.79 Å². The molecule has 2 aromatic carbocycles. The fourth-order valence-corrected chi connectivity index (χ4v) is 2.19. The van der Waals surface area contributed by atoms with Gasteiger partial charge in [0.15, 0.2) is 0 Å². The molecule has 4 nitrogen and oxygen atoms in total. The number of hydrogen-bond donors (Lipinski definition) is 2. The van der Waals surface area contributed by atoms with Gasteiger partial charge in [0.25, 0.3) is 0 Å². The Balaban J connectivity index is 2.25. The maximum atomic E-state index is 11.1. The molecule has 0 radical (unpaired) electrons. The molecule has 106 valence electrons. The van der Waals surface area contributed by atoms with E-state index in [9.17, 15) is 4.79 Å². The molecule has 20 heavy (non-hydrogen) atoms. The molecular weight excluding hydrogens is 252 g/mol. The van der Waals surface area contributed by atoms with Crippen LogP contribution in [0.5, 0.6) is 5.75 Å². The summed E-state index contributed by atoms with van der Waals surface area (Å²) in [5.74, 6) is 0.501. The highest BCUT2D eigenvalue weighted by atomic mass is 16.5. The number of fused-ring (bicyclic) bond motifs is 1. The Bertz CT molecular complexity index is 625. The van der Waals surface area contributed by atoms with Gasteiger partial charge in [-0.3, -0.25) is 10.1 Å². The van der Waals surface area contributed by atoms with Crippen molar-refractivity contribution in [2.45, 2.75) is 25.9 Å². The quantitative estimate of drug-likeness (QED) is 0.878. The molecule has 0 aliphatic carbocycles. The van der Waals surface area contributed by atoms with E-state index in [-0.39, 0.29) is 18.0 Å². The SMILES string of the molecule is COc1ccc2cc(C(C)NC(C)C(N)=O)ccc2c1. The summed E-state index contributed by atoms with van der Waals surface area (Å²) < 4.78 is 5.22. The molecule has 2 unspecified atom stereocenters. The molecule has 4 heteroatoms. The van der Waals surface area contributed by atoms with Gasteiger partial charge in [-0.05, 0) is 48.4 Å². The van der Waals surface area contributed by atoms with Gasteiger partial charge in [-0.1, -0.05) is 18.2 Å². The standard InChI is InChI=1S/C16H20N2O2/c1-10(18-11(2)16(17)19)12-4-5-14-9-15(20-3)7-6-13(14)8-12/h4-11,18H,1-3H3,(H2,17,19). The molecule has 0 fully saturated rings. The van der Waals surface area contributed by atoms with E-state index in [0.29, 0.717) is 0 Å². The number of carbonyl (C=O) groups excluding carboxylic acids is 1. The minimum Gasteiger partial charge on any atom is -0.497 e. The molecule has 0 heterocycles.